The van der Waals surface area contributed by atoms with Crippen molar-refractivity contribution in [1.82, 2.24) is 4.57 Å². The number of aromatic nitrogens is 1. The van der Waals surface area contributed by atoms with Gasteiger partial charge in [0.2, 0.25) is 9.84 Å². The number of benzene rings is 2. The molecule has 1 heterocycles. The van der Waals surface area contributed by atoms with Crippen LogP contribution < -0.4 is 10.5 Å². The van der Waals surface area contributed by atoms with Crippen LogP contribution in [0.1, 0.15) is 6.42 Å². The molecule has 3 rings (SSSR count). The van der Waals surface area contributed by atoms with Crippen molar-refractivity contribution in [3.63, 3.8) is 0 Å². The van der Waals surface area contributed by atoms with Gasteiger partial charge in [0.25, 0.3) is 0 Å². The predicted molar refractivity (Wildman–Crippen MR) is 94.0 cm³/mol. The Bertz CT molecular complexity index is 995. The van der Waals surface area contributed by atoms with Crippen molar-refractivity contribution in [2.24, 2.45) is 5.73 Å². The molecule has 0 atom stereocenters. The van der Waals surface area contributed by atoms with Gasteiger partial charge in [-0.1, -0.05) is 0 Å². The molecule has 0 fully saturated rings. The van der Waals surface area contributed by atoms with Gasteiger partial charge in [-0.2, -0.15) is 0 Å². The Kier molecular flexibility index (Phi) is 4.78. The Hall–Kier alpha value is -2.38. The van der Waals surface area contributed by atoms with Gasteiger partial charge < -0.3 is 15.0 Å². The quantitative estimate of drug-likeness (QED) is 0.684. The van der Waals surface area contributed by atoms with E-state index in [2.05, 4.69) is 0 Å². The topological polar surface area (TPSA) is 74.3 Å². The summed E-state index contributed by atoms with van der Waals surface area (Å²) in [5, 5.41) is 0.570. The molecule has 5 nitrogen and oxygen atoms in total. The van der Waals surface area contributed by atoms with Crippen LogP contribution in [-0.2, 0) is 16.4 Å². The Morgan fingerprint density at radius 1 is 1.16 bits per heavy atom. The molecule has 0 spiro atoms. The zero-order valence-electron chi connectivity index (χ0n) is 13.8. The number of sulfone groups is 1. The minimum Gasteiger partial charge on any atom is -0.497 e. The van der Waals surface area contributed by atoms with E-state index in [1.165, 1.54) is 19.2 Å². The maximum Gasteiger partial charge on any atom is 0.208 e. The van der Waals surface area contributed by atoms with Crippen LogP contribution in [0.25, 0.3) is 10.9 Å². The minimum atomic E-state index is -3.79. The summed E-state index contributed by atoms with van der Waals surface area (Å²) in [4.78, 5) is 0.222. The third-order valence-electron chi connectivity index (χ3n) is 4.07. The van der Waals surface area contributed by atoms with E-state index in [9.17, 15) is 12.8 Å². The molecule has 7 heteroatoms. The zero-order chi connectivity index (χ0) is 18.0. The largest absolute Gasteiger partial charge is 0.497 e. The molecule has 0 saturated carbocycles. The molecule has 0 radical (unpaired) electrons. The lowest BCUT2D eigenvalue weighted by atomic mass is 10.2. The SMILES string of the molecule is COc1ccc2c(c1)c(S(=O)(=O)c1ccc(F)cc1)cn2CCCN. The van der Waals surface area contributed by atoms with Gasteiger partial charge in [-0.05, 0) is 55.4 Å². The second kappa shape index (κ2) is 6.85. The highest BCUT2D eigenvalue weighted by Crippen LogP contribution is 2.32. The fourth-order valence-corrected chi connectivity index (χ4v) is 4.24. The van der Waals surface area contributed by atoms with E-state index in [1.807, 2.05) is 10.6 Å². The first-order chi connectivity index (χ1) is 12.0. The summed E-state index contributed by atoms with van der Waals surface area (Å²) >= 11 is 0. The first kappa shape index (κ1) is 17.4. The van der Waals surface area contributed by atoms with Gasteiger partial charge in [0.15, 0.2) is 0 Å². The number of halogens is 1. The number of hydrogen-bond donors (Lipinski definition) is 1. The van der Waals surface area contributed by atoms with Gasteiger partial charge in [0.05, 0.1) is 16.9 Å². The molecular weight excluding hydrogens is 343 g/mol. The molecule has 1 aromatic heterocycles. The molecular formula is C18H19FN2O3S. The number of aryl methyl sites for hydroxylation is 1. The molecule has 0 saturated heterocycles. The molecule has 0 aliphatic rings. The lowest BCUT2D eigenvalue weighted by Gasteiger charge is -2.05. The number of rotatable bonds is 6. The van der Waals surface area contributed by atoms with Crippen molar-refractivity contribution in [3.05, 3.63) is 54.5 Å². The highest BCUT2D eigenvalue weighted by atomic mass is 32.2. The number of methoxy groups -OCH3 is 1. The van der Waals surface area contributed by atoms with E-state index in [-0.39, 0.29) is 9.79 Å². The summed E-state index contributed by atoms with van der Waals surface area (Å²) in [5.41, 5.74) is 6.36. The van der Waals surface area contributed by atoms with Gasteiger partial charge in [0.1, 0.15) is 11.6 Å². The van der Waals surface area contributed by atoms with E-state index < -0.39 is 15.7 Å². The summed E-state index contributed by atoms with van der Waals surface area (Å²) in [7, 11) is -2.26. The summed E-state index contributed by atoms with van der Waals surface area (Å²) in [6.45, 7) is 1.12. The van der Waals surface area contributed by atoms with E-state index >= 15 is 0 Å². The fraction of sp³-hybridized carbons (Fsp3) is 0.222. The van der Waals surface area contributed by atoms with Crippen molar-refractivity contribution in [3.8, 4) is 5.75 Å². The Balaban J connectivity index is 2.21. The summed E-state index contributed by atoms with van der Waals surface area (Å²) in [6.07, 6.45) is 2.34. The Labute approximate surface area is 145 Å². The molecule has 25 heavy (non-hydrogen) atoms. The maximum atomic E-state index is 13.1. The standard InChI is InChI=1S/C18H19FN2O3S/c1-24-14-5-8-17-16(11-14)18(12-21(17)10-2-9-20)25(22,23)15-6-3-13(19)4-7-15/h3-8,11-12H,2,9-10,20H2,1H3. The van der Waals surface area contributed by atoms with E-state index in [0.29, 0.717) is 24.2 Å². The first-order valence-corrected chi connectivity index (χ1v) is 9.33. The minimum absolute atomic E-state index is 0.0506. The van der Waals surface area contributed by atoms with Crippen molar-refractivity contribution in [1.29, 1.82) is 0 Å². The van der Waals surface area contributed by atoms with Crippen LogP contribution in [0, 0.1) is 5.82 Å². The zero-order valence-corrected chi connectivity index (χ0v) is 14.6. The molecule has 3 aromatic rings. The van der Waals surface area contributed by atoms with Crippen LogP contribution in [0.2, 0.25) is 0 Å². The lowest BCUT2D eigenvalue weighted by Crippen LogP contribution is -2.05. The predicted octanol–water partition coefficient (Wildman–Crippen LogP) is 2.97. The average molecular weight is 362 g/mol. The van der Waals surface area contributed by atoms with Crippen molar-refractivity contribution >= 4 is 20.7 Å². The normalized spacial score (nSPS) is 11.8. The first-order valence-electron chi connectivity index (χ1n) is 7.85. The smallest absolute Gasteiger partial charge is 0.208 e. The van der Waals surface area contributed by atoms with Gasteiger partial charge >= 0.3 is 0 Å². The number of nitrogens with two attached hydrogens (primary N) is 1. The molecule has 2 N–H and O–H groups in total. The van der Waals surface area contributed by atoms with E-state index in [0.717, 1.165) is 24.1 Å². The van der Waals surface area contributed by atoms with Crippen LogP contribution in [0.5, 0.6) is 5.75 Å². The number of ether oxygens (including phenoxy) is 1. The highest BCUT2D eigenvalue weighted by molar-refractivity contribution is 7.91. The van der Waals surface area contributed by atoms with Crippen molar-refractivity contribution in [2.75, 3.05) is 13.7 Å². The summed E-state index contributed by atoms with van der Waals surface area (Å²) in [5.74, 6) is 0.0885. The van der Waals surface area contributed by atoms with Crippen molar-refractivity contribution < 1.29 is 17.5 Å². The van der Waals surface area contributed by atoms with Crippen LogP contribution in [0.3, 0.4) is 0 Å². The van der Waals surface area contributed by atoms with Crippen LogP contribution in [0.4, 0.5) is 4.39 Å². The van der Waals surface area contributed by atoms with Crippen LogP contribution >= 0.6 is 0 Å². The molecule has 0 aliphatic carbocycles. The second-order valence-corrected chi connectivity index (χ2v) is 7.59. The van der Waals surface area contributed by atoms with Gasteiger partial charge in [-0.15, -0.1) is 0 Å². The van der Waals surface area contributed by atoms with E-state index in [4.69, 9.17) is 10.5 Å². The Morgan fingerprint density at radius 2 is 1.88 bits per heavy atom. The van der Waals surface area contributed by atoms with Crippen LogP contribution in [0.15, 0.2) is 58.5 Å². The molecule has 132 valence electrons. The fourth-order valence-electron chi connectivity index (χ4n) is 2.77. The van der Waals surface area contributed by atoms with Crippen molar-refractivity contribution in [2.45, 2.75) is 22.8 Å². The average Bonchev–Trinajstić information content (AvgIpc) is 2.98. The Morgan fingerprint density at radius 3 is 2.52 bits per heavy atom. The highest BCUT2D eigenvalue weighted by Gasteiger charge is 2.23. The third-order valence-corrected chi connectivity index (χ3v) is 5.87. The second-order valence-electron chi connectivity index (χ2n) is 5.67. The van der Waals surface area contributed by atoms with Gasteiger partial charge in [0, 0.05) is 23.6 Å². The third kappa shape index (κ3) is 3.25. The van der Waals surface area contributed by atoms with Crippen LogP contribution in [-0.4, -0.2) is 26.6 Å². The molecule has 0 aliphatic heterocycles. The number of hydrogen-bond acceptors (Lipinski definition) is 4. The molecule has 0 bridgehead atoms. The van der Waals surface area contributed by atoms with Gasteiger partial charge in [-0.25, -0.2) is 12.8 Å². The van der Waals surface area contributed by atoms with Gasteiger partial charge in [-0.3, -0.25) is 0 Å². The number of nitrogens with zero attached hydrogens (tertiary/aromatic N) is 1. The molecule has 2 aromatic carbocycles. The molecule has 0 amide bonds. The van der Waals surface area contributed by atoms with E-state index in [1.54, 1.807) is 18.3 Å². The lowest BCUT2D eigenvalue weighted by molar-refractivity contribution is 0.415. The number of fused-ring (bicyclic) bond motifs is 1. The summed E-state index contributed by atoms with van der Waals surface area (Å²) < 4.78 is 46.3. The summed E-state index contributed by atoms with van der Waals surface area (Å²) in [6, 6.07) is 10.1. The molecule has 0 unspecified atom stereocenters. The monoisotopic (exact) mass is 362 g/mol. The maximum absolute atomic E-state index is 13.1.